The molecular weight excluding hydrogens is 200 g/mol. The molecule has 1 aromatic rings. The highest BCUT2D eigenvalue weighted by molar-refractivity contribution is 5.93. The highest BCUT2D eigenvalue weighted by Gasteiger charge is 2.17. The van der Waals surface area contributed by atoms with Gasteiger partial charge in [-0.05, 0) is 11.6 Å². The van der Waals surface area contributed by atoms with Crippen molar-refractivity contribution in [1.82, 2.24) is 0 Å². The molecule has 0 heterocycles. The minimum absolute atomic E-state index is 0.174. The van der Waals surface area contributed by atoms with Gasteiger partial charge < -0.3 is 14.9 Å². The zero-order valence-electron chi connectivity index (χ0n) is 8.06. The van der Waals surface area contributed by atoms with E-state index in [9.17, 15) is 14.7 Å². The van der Waals surface area contributed by atoms with Crippen molar-refractivity contribution in [1.29, 1.82) is 0 Å². The summed E-state index contributed by atoms with van der Waals surface area (Å²) in [6.45, 7) is 0. The molecule has 2 N–H and O–H groups in total. The fourth-order valence-electron chi connectivity index (χ4n) is 1.21. The van der Waals surface area contributed by atoms with Crippen molar-refractivity contribution >= 4 is 11.9 Å². The first-order valence-corrected chi connectivity index (χ1v) is 4.17. The molecule has 15 heavy (non-hydrogen) atoms. The number of aromatic carboxylic acids is 1. The third-order valence-corrected chi connectivity index (χ3v) is 1.91. The maximum Gasteiger partial charge on any atom is 0.339 e. The fraction of sp³-hybridized carbons (Fsp3) is 0.200. The Bertz CT molecular complexity index is 397. The summed E-state index contributed by atoms with van der Waals surface area (Å²) < 4.78 is 4.42. The van der Waals surface area contributed by atoms with Gasteiger partial charge in [-0.3, -0.25) is 4.79 Å². The molecule has 1 rings (SSSR count). The van der Waals surface area contributed by atoms with Crippen LogP contribution in [-0.2, 0) is 16.0 Å². The minimum Gasteiger partial charge on any atom is -0.507 e. The van der Waals surface area contributed by atoms with E-state index in [-0.39, 0.29) is 23.3 Å². The molecule has 0 saturated carbocycles. The second-order valence-corrected chi connectivity index (χ2v) is 2.87. The quantitative estimate of drug-likeness (QED) is 0.721. The number of carbonyl (C=O) groups is 2. The first kappa shape index (κ1) is 11.0. The lowest BCUT2D eigenvalue weighted by molar-refractivity contribution is -0.139. The first-order chi connectivity index (χ1) is 7.06. The van der Waals surface area contributed by atoms with Crippen LogP contribution in [0.3, 0.4) is 0 Å². The summed E-state index contributed by atoms with van der Waals surface area (Å²) in [6, 6.07) is 4.18. The average molecular weight is 210 g/mol. The molecule has 0 bridgehead atoms. The van der Waals surface area contributed by atoms with Crippen LogP contribution in [0.5, 0.6) is 5.75 Å². The van der Waals surface area contributed by atoms with Crippen LogP contribution >= 0.6 is 0 Å². The SMILES string of the molecule is COC(=O)Cc1cccc(O)c1C(=O)O. The van der Waals surface area contributed by atoms with Crippen molar-refractivity contribution in [2.24, 2.45) is 0 Å². The van der Waals surface area contributed by atoms with Crippen LogP contribution in [0.1, 0.15) is 15.9 Å². The molecule has 0 amide bonds. The zero-order chi connectivity index (χ0) is 11.4. The Morgan fingerprint density at radius 2 is 2.07 bits per heavy atom. The van der Waals surface area contributed by atoms with Crippen LogP contribution in [0.25, 0.3) is 0 Å². The number of aromatic hydroxyl groups is 1. The van der Waals surface area contributed by atoms with Gasteiger partial charge in [0.25, 0.3) is 0 Å². The van der Waals surface area contributed by atoms with Crippen LogP contribution in [0, 0.1) is 0 Å². The van der Waals surface area contributed by atoms with Crippen LogP contribution in [0.4, 0.5) is 0 Å². The number of rotatable bonds is 3. The summed E-state index contributed by atoms with van der Waals surface area (Å²) in [5, 5.41) is 18.1. The lowest BCUT2D eigenvalue weighted by Gasteiger charge is -2.06. The van der Waals surface area contributed by atoms with Gasteiger partial charge in [0.1, 0.15) is 11.3 Å². The Balaban J connectivity index is 3.11. The number of carbonyl (C=O) groups excluding carboxylic acids is 1. The number of carboxylic acids is 1. The van der Waals surface area contributed by atoms with Crippen LogP contribution < -0.4 is 0 Å². The molecule has 0 spiro atoms. The number of esters is 1. The summed E-state index contributed by atoms with van der Waals surface area (Å²) in [4.78, 5) is 21.8. The zero-order valence-corrected chi connectivity index (χ0v) is 8.06. The first-order valence-electron chi connectivity index (χ1n) is 4.17. The van der Waals surface area contributed by atoms with Crippen molar-refractivity contribution in [3.8, 4) is 5.75 Å². The van der Waals surface area contributed by atoms with E-state index < -0.39 is 11.9 Å². The molecular formula is C10H10O5. The van der Waals surface area contributed by atoms with E-state index in [0.717, 1.165) is 0 Å². The second kappa shape index (κ2) is 4.45. The standard InChI is InChI=1S/C10H10O5/c1-15-8(12)5-6-3-2-4-7(11)9(6)10(13)14/h2-4,11H,5H2,1H3,(H,13,14). The van der Waals surface area contributed by atoms with Crippen molar-refractivity contribution < 1.29 is 24.5 Å². The average Bonchev–Trinajstić information content (AvgIpc) is 2.17. The monoisotopic (exact) mass is 210 g/mol. The maximum absolute atomic E-state index is 11.0. The van der Waals surface area contributed by atoms with Gasteiger partial charge in [-0.1, -0.05) is 12.1 Å². The number of carboxylic acid groups (broad SMARTS) is 1. The van der Waals surface area contributed by atoms with E-state index in [1.54, 1.807) is 0 Å². The van der Waals surface area contributed by atoms with Gasteiger partial charge in [0, 0.05) is 0 Å². The molecule has 0 radical (unpaired) electrons. The van der Waals surface area contributed by atoms with Crippen LogP contribution in [0.2, 0.25) is 0 Å². The predicted molar refractivity (Wildman–Crippen MR) is 50.8 cm³/mol. The van der Waals surface area contributed by atoms with Gasteiger partial charge in [-0.25, -0.2) is 4.79 Å². The van der Waals surface area contributed by atoms with Crippen molar-refractivity contribution in [2.75, 3.05) is 7.11 Å². The van der Waals surface area contributed by atoms with Gasteiger partial charge in [0.15, 0.2) is 0 Å². The smallest absolute Gasteiger partial charge is 0.339 e. The largest absolute Gasteiger partial charge is 0.507 e. The maximum atomic E-state index is 11.0. The molecule has 1 aromatic carbocycles. The molecule has 0 unspecified atom stereocenters. The topological polar surface area (TPSA) is 83.8 Å². The summed E-state index contributed by atoms with van der Waals surface area (Å²) in [5.74, 6) is -2.18. The van der Waals surface area contributed by atoms with Crippen LogP contribution in [-0.4, -0.2) is 29.3 Å². The number of methoxy groups -OCH3 is 1. The Morgan fingerprint density at radius 3 is 2.60 bits per heavy atom. The van der Waals surface area contributed by atoms with Crippen molar-refractivity contribution in [2.45, 2.75) is 6.42 Å². The number of ether oxygens (including phenoxy) is 1. The van der Waals surface area contributed by atoms with Gasteiger partial charge in [-0.15, -0.1) is 0 Å². The Morgan fingerprint density at radius 1 is 1.40 bits per heavy atom. The number of hydrogen-bond acceptors (Lipinski definition) is 4. The van der Waals surface area contributed by atoms with Gasteiger partial charge in [0.2, 0.25) is 0 Å². The lowest BCUT2D eigenvalue weighted by Crippen LogP contribution is -2.09. The van der Waals surface area contributed by atoms with Crippen molar-refractivity contribution in [3.63, 3.8) is 0 Å². The predicted octanol–water partition coefficient (Wildman–Crippen LogP) is 0.806. The molecule has 0 aliphatic carbocycles. The fourth-order valence-corrected chi connectivity index (χ4v) is 1.21. The Kier molecular flexibility index (Phi) is 3.28. The van der Waals surface area contributed by atoms with Gasteiger partial charge in [-0.2, -0.15) is 0 Å². The van der Waals surface area contributed by atoms with E-state index in [0.29, 0.717) is 0 Å². The third-order valence-electron chi connectivity index (χ3n) is 1.91. The third kappa shape index (κ3) is 2.46. The molecule has 5 heteroatoms. The molecule has 5 nitrogen and oxygen atoms in total. The molecule has 0 atom stereocenters. The highest BCUT2D eigenvalue weighted by Crippen LogP contribution is 2.21. The number of benzene rings is 1. The molecule has 80 valence electrons. The van der Waals surface area contributed by atoms with E-state index in [4.69, 9.17) is 5.11 Å². The Labute approximate surface area is 85.9 Å². The molecule has 0 aliphatic rings. The molecule has 0 fully saturated rings. The van der Waals surface area contributed by atoms with E-state index in [1.165, 1.54) is 25.3 Å². The molecule has 0 aliphatic heterocycles. The summed E-state index contributed by atoms with van der Waals surface area (Å²) in [6.07, 6.45) is -0.174. The summed E-state index contributed by atoms with van der Waals surface area (Å²) in [7, 11) is 1.21. The van der Waals surface area contributed by atoms with Gasteiger partial charge >= 0.3 is 11.9 Å². The summed E-state index contributed by atoms with van der Waals surface area (Å²) >= 11 is 0. The van der Waals surface area contributed by atoms with Gasteiger partial charge in [0.05, 0.1) is 13.5 Å². The van der Waals surface area contributed by atoms with E-state index >= 15 is 0 Å². The van der Waals surface area contributed by atoms with Crippen molar-refractivity contribution in [3.05, 3.63) is 29.3 Å². The molecule has 0 saturated heterocycles. The normalized spacial score (nSPS) is 9.67. The minimum atomic E-state index is -1.27. The van der Waals surface area contributed by atoms with E-state index in [1.807, 2.05) is 0 Å². The Hall–Kier alpha value is -2.04. The number of phenols is 1. The highest BCUT2D eigenvalue weighted by atomic mass is 16.5. The molecule has 0 aromatic heterocycles. The van der Waals surface area contributed by atoms with E-state index in [2.05, 4.69) is 4.74 Å². The van der Waals surface area contributed by atoms with Crippen LogP contribution in [0.15, 0.2) is 18.2 Å². The number of hydrogen-bond donors (Lipinski definition) is 2. The second-order valence-electron chi connectivity index (χ2n) is 2.87. The lowest BCUT2D eigenvalue weighted by atomic mass is 10.0. The summed E-state index contributed by atoms with van der Waals surface area (Å²) in [5.41, 5.74) is -0.0303.